The van der Waals surface area contributed by atoms with Crippen LogP contribution in [0, 0.1) is 0 Å². The van der Waals surface area contributed by atoms with Crippen LogP contribution in [0.4, 0.5) is 13.2 Å². The number of benzene rings is 2. The minimum Gasteiger partial charge on any atom is -0.386 e. The van der Waals surface area contributed by atoms with E-state index in [1.54, 1.807) is 18.3 Å². The van der Waals surface area contributed by atoms with Gasteiger partial charge in [0.05, 0.1) is 17.8 Å². The van der Waals surface area contributed by atoms with Gasteiger partial charge in [0.2, 0.25) is 0 Å². The van der Waals surface area contributed by atoms with Crippen molar-refractivity contribution in [1.82, 2.24) is 19.9 Å². The third-order valence-electron chi connectivity index (χ3n) is 7.66. The summed E-state index contributed by atoms with van der Waals surface area (Å²) in [4.78, 5) is 24.5. The fraction of sp³-hybridized carbons (Fsp3) is 0.424. The van der Waals surface area contributed by atoms with Gasteiger partial charge in [0.25, 0.3) is 0 Å². The van der Waals surface area contributed by atoms with Crippen molar-refractivity contribution in [2.24, 2.45) is 22.2 Å². The van der Waals surface area contributed by atoms with Crippen molar-refractivity contribution in [3.8, 4) is 16.9 Å². The SMILES string of the molecule is CCCC(NCCCN=C(N)CN)c1ccc(-n2cc3cc(-c4cc(CCCC(C)N)cc(C(F)(F)F)c4)[nH]c3nc2=O)cc1. The van der Waals surface area contributed by atoms with Gasteiger partial charge in [-0.1, -0.05) is 25.5 Å². The van der Waals surface area contributed by atoms with Crippen LogP contribution in [-0.4, -0.2) is 46.0 Å². The van der Waals surface area contributed by atoms with Crippen molar-refractivity contribution in [3.05, 3.63) is 81.9 Å². The van der Waals surface area contributed by atoms with E-state index in [1.807, 2.05) is 31.2 Å². The summed E-state index contributed by atoms with van der Waals surface area (Å²) in [5, 5.41) is 4.18. The second kappa shape index (κ2) is 15.3. The predicted molar refractivity (Wildman–Crippen MR) is 175 cm³/mol. The summed E-state index contributed by atoms with van der Waals surface area (Å²) in [7, 11) is 0. The van der Waals surface area contributed by atoms with Gasteiger partial charge in [0.15, 0.2) is 0 Å². The number of halogens is 3. The summed E-state index contributed by atoms with van der Waals surface area (Å²) in [5.74, 6) is 0.447. The molecule has 0 aliphatic rings. The van der Waals surface area contributed by atoms with Gasteiger partial charge in [-0.25, -0.2) is 4.79 Å². The van der Waals surface area contributed by atoms with E-state index >= 15 is 0 Å². The molecule has 9 nitrogen and oxygen atoms in total. The molecule has 0 amide bonds. The van der Waals surface area contributed by atoms with Crippen LogP contribution in [0.5, 0.6) is 0 Å². The molecule has 2 aromatic heterocycles. The highest BCUT2D eigenvalue weighted by atomic mass is 19.4. The number of hydrogen-bond donors (Lipinski definition) is 5. The maximum atomic E-state index is 13.8. The Balaban J connectivity index is 1.56. The number of nitrogens with two attached hydrogens (primary N) is 3. The summed E-state index contributed by atoms with van der Waals surface area (Å²) in [6, 6.07) is 13.6. The fourth-order valence-corrected chi connectivity index (χ4v) is 5.30. The van der Waals surface area contributed by atoms with Crippen LogP contribution in [0.3, 0.4) is 0 Å². The van der Waals surface area contributed by atoms with Gasteiger partial charge < -0.3 is 27.5 Å². The second-order valence-corrected chi connectivity index (χ2v) is 11.5. The van der Waals surface area contributed by atoms with Crippen LogP contribution in [0.2, 0.25) is 0 Å². The fourth-order valence-electron chi connectivity index (χ4n) is 5.30. The molecule has 2 atom stereocenters. The lowest BCUT2D eigenvalue weighted by Gasteiger charge is -2.19. The highest BCUT2D eigenvalue weighted by Crippen LogP contribution is 2.34. The van der Waals surface area contributed by atoms with Crippen LogP contribution in [0.25, 0.3) is 28.0 Å². The van der Waals surface area contributed by atoms with Gasteiger partial charge in [-0.05, 0) is 98.7 Å². The molecular weight excluding hydrogens is 581 g/mol. The first-order valence-corrected chi connectivity index (χ1v) is 15.4. The number of fused-ring (bicyclic) bond motifs is 1. The first kappa shape index (κ1) is 33.9. The van der Waals surface area contributed by atoms with E-state index in [4.69, 9.17) is 17.2 Å². The Kier molecular flexibility index (Phi) is 11.5. The molecule has 0 bridgehead atoms. The maximum Gasteiger partial charge on any atom is 0.416 e. The average molecular weight is 625 g/mol. The summed E-state index contributed by atoms with van der Waals surface area (Å²) in [6.45, 7) is 5.63. The number of aryl methyl sites for hydroxylation is 1. The highest BCUT2D eigenvalue weighted by Gasteiger charge is 2.31. The number of hydrogen-bond acceptors (Lipinski definition) is 6. The molecule has 2 heterocycles. The number of rotatable bonds is 15. The van der Waals surface area contributed by atoms with Crippen LogP contribution in [0.15, 0.2) is 64.5 Å². The Bertz CT molecular complexity index is 1640. The van der Waals surface area contributed by atoms with Gasteiger partial charge in [-0.3, -0.25) is 9.56 Å². The molecule has 0 radical (unpaired) electrons. The van der Waals surface area contributed by atoms with Crippen molar-refractivity contribution in [3.63, 3.8) is 0 Å². The molecule has 8 N–H and O–H groups in total. The molecule has 242 valence electrons. The zero-order chi connectivity index (χ0) is 32.6. The van der Waals surface area contributed by atoms with E-state index in [2.05, 4.69) is 27.2 Å². The molecule has 4 aromatic rings. The van der Waals surface area contributed by atoms with E-state index in [0.717, 1.165) is 37.4 Å². The molecule has 0 saturated heterocycles. The molecule has 0 aliphatic heterocycles. The van der Waals surface area contributed by atoms with Crippen molar-refractivity contribution < 1.29 is 13.2 Å². The lowest BCUT2D eigenvalue weighted by atomic mass is 9.99. The summed E-state index contributed by atoms with van der Waals surface area (Å²) < 4.78 is 42.7. The number of H-pyrrole nitrogens is 1. The summed E-state index contributed by atoms with van der Waals surface area (Å²) >= 11 is 0. The van der Waals surface area contributed by atoms with Crippen LogP contribution in [0.1, 0.15) is 68.7 Å². The number of nitrogens with zero attached hydrogens (tertiary/aromatic N) is 3. The Morgan fingerprint density at radius 2 is 1.87 bits per heavy atom. The standard InChI is InChI=1S/C33H43F3N8O/c1-3-6-28(40-13-5-14-41-30(39)19-37)23-9-11-27(12-10-23)44-20-25-18-29(42-31(25)43-32(44)45)24-15-22(8-4-7-21(2)38)16-26(17-24)33(34,35)36/h9-12,15-18,20-21,28,40H,3-8,13-14,19,37-38H2,1-2H3,(H2,39,41)(H,42,43,45). The molecule has 45 heavy (non-hydrogen) atoms. The van der Waals surface area contributed by atoms with E-state index in [-0.39, 0.29) is 18.6 Å². The number of aromatic nitrogens is 3. The Morgan fingerprint density at radius 1 is 1.11 bits per heavy atom. The Labute approximate surface area is 261 Å². The predicted octanol–water partition coefficient (Wildman–Crippen LogP) is 5.21. The van der Waals surface area contributed by atoms with Crippen LogP contribution >= 0.6 is 0 Å². The molecular formula is C33H43F3N8O. The molecule has 12 heteroatoms. The smallest absolute Gasteiger partial charge is 0.386 e. The zero-order valence-corrected chi connectivity index (χ0v) is 25.8. The zero-order valence-electron chi connectivity index (χ0n) is 25.8. The Hall–Kier alpha value is -4.00. The van der Waals surface area contributed by atoms with Crippen molar-refractivity contribution in [2.45, 2.75) is 70.6 Å². The molecule has 0 saturated carbocycles. The first-order valence-electron chi connectivity index (χ1n) is 15.4. The molecule has 2 aromatic carbocycles. The lowest BCUT2D eigenvalue weighted by molar-refractivity contribution is -0.137. The van der Waals surface area contributed by atoms with Gasteiger partial charge >= 0.3 is 11.9 Å². The lowest BCUT2D eigenvalue weighted by Crippen LogP contribution is -2.25. The maximum absolute atomic E-state index is 13.8. The topological polar surface area (TPSA) is 153 Å². The van der Waals surface area contributed by atoms with Crippen molar-refractivity contribution >= 4 is 16.9 Å². The van der Waals surface area contributed by atoms with E-state index in [0.29, 0.717) is 65.2 Å². The summed E-state index contributed by atoms with van der Waals surface area (Å²) in [5.41, 5.74) is 19.2. The second-order valence-electron chi connectivity index (χ2n) is 11.5. The van der Waals surface area contributed by atoms with Crippen LogP contribution in [-0.2, 0) is 12.6 Å². The van der Waals surface area contributed by atoms with E-state index < -0.39 is 17.4 Å². The molecule has 2 unspecified atom stereocenters. The number of amidine groups is 1. The first-order chi connectivity index (χ1) is 21.5. The average Bonchev–Trinajstić information content (AvgIpc) is 3.42. The third kappa shape index (κ3) is 9.25. The highest BCUT2D eigenvalue weighted by molar-refractivity contribution is 5.83. The minimum absolute atomic E-state index is 0.0216. The molecule has 0 aliphatic carbocycles. The Morgan fingerprint density at radius 3 is 2.53 bits per heavy atom. The number of alkyl halides is 3. The van der Waals surface area contributed by atoms with Gasteiger partial charge in [-0.15, -0.1) is 0 Å². The van der Waals surface area contributed by atoms with Gasteiger partial charge in [0.1, 0.15) is 11.5 Å². The molecule has 0 spiro atoms. The summed E-state index contributed by atoms with van der Waals surface area (Å²) in [6.07, 6.45) is 1.80. The van der Waals surface area contributed by atoms with E-state index in [1.165, 1.54) is 10.6 Å². The van der Waals surface area contributed by atoms with E-state index in [9.17, 15) is 18.0 Å². The van der Waals surface area contributed by atoms with Crippen molar-refractivity contribution in [2.75, 3.05) is 19.6 Å². The monoisotopic (exact) mass is 624 g/mol. The number of aliphatic imine (C=N–C) groups is 1. The minimum atomic E-state index is -4.49. The molecule has 0 fully saturated rings. The van der Waals surface area contributed by atoms with Gasteiger partial charge in [0, 0.05) is 35.9 Å². The van der Waals surface area contributed by atoms with Crippen molar-refractivity contribution in [1.29, 1.82) is 0 Å². The normalized spacial score (nSPS) is 13.8. The number of nitrogens with one attached hydrogen (secondary N) is 2. The largest absolute Gasteiger partial charge is 0.416 e. The quantitative estimate of drug-likeness (QED) is 0.0696. The van der Waals surface area contributed by atoms with Gasteiger partial charge in [-0.2, -0.15) is 18.2 Å². The third-order valence-corrected chi connectivity index (χ3v) is 7.66. The number of aromatic amines is 1. The molecule has 4 rings (SSSR count). The van der Waals surface area contributed by atoms with Crippen LogP contribution < -0.4 is 28.2 Å².